The summed E-state index contributed by atoms with van der Waals surface area (Å²) in [5.74, 6) is -0.560. The predicted octanol–water partition coefficient (Wildman–Crippen LogP) is 1.66. The second-order valence-corrected chi connectivity index (χ2v) is 10.4. The molecule has 1 aromatic heterocycles. The molecule has 1 aliphatic heterocycles. The summed E-state index contributed by atoms with van der Waals surface area (Å²) in [6.07, 6.45) is -4.21. The molecule has 1 aliphatic rings. The monoisotopic (exact) mass is 529 g/mol. The van der Waals surface area contributed by atoms with E-state index in [1.165, 1.54) is 19.1 Å². The van der Waals surface area contributed by atoms with Crippen molar-refractivity contribution >= 4 is 13.7 Å². The van der Waals surface area contributed by atoms with Crippen molar-refractivity contribution in [3.63, 3.8) is 0 Å². The van der Waals surface area contributed by atoms with Gasteiger partial charge in [0, 0.05) is 12.3 Å². The zero-order chi connectivity index (χ0) is 26.7. The lowest BCUT2D eigenvalue weighted by Gasteiger charge is -2.25. The van der Waals surface area contributed by atoms with Crippen LogP contribution in [0.15, 0.2) is 52.2 Å². The molecule has 1 saturated heterocycles. The van der Waals surface area contributed by atoms with E-state index in [2.05, 4.69) is 5.09 Å². The normalized spacial score (nSPS) is 26.4. The molecule has 0 radical (unpaired) electrons. The highest BCUT2D eigenvalue weighted by molar-refractivity contribution is 7.52. The molecule has 1 aromatic carbocycles. The van der Waals surface area contributed by atoms with Crippen molar-refractivity contribution in [2.45, 2.75) is 63.9 Å². The Balaban J connectivity index is 1.80. The first-order valence-electron chi connectivity index (χ1n) is 11.1. The van der Waals surface area contributed by atoms with Gasteiger partial charge in [0.1, 0.15) is 24.0 Å². The third kappa shape index (κ3) is 6.48. The van der Waals surface area contributed by atoms with Gasteiger partial charge in [0.05, 0.1) is 12.7 Å². The van der Waals surface area contributed by atoms with Gasteiger partial charge in [-0.2, -0.15) is 5.09 Å². The minimum Gasteiger partial charge on any atom is -0.462 e. The standard InChI is InChI=1S/C22H29FN3O9P/c1-13(2)33-19(29)14(3)25-36(31,35-15-8-6-5-7-9-15)32-12-16-18(28)22(4,23)20(34-16)26-11-10-17(27)24-21(26)30/h5-11,13-14,16,18,20,28H,12H2,1-4H3,(H,25,31)(H,24,27,30)/t14-,16-,18?,20-,22+,36+/m1/s1. The summed E-state index contributed by atoms with van der Waals surface area (Å²) in [5, 5.41) is 13.0. The maximum Gasteiger partial charge on any atom is 0.459 e. The highest BCUT2D eigenvalue weighted by Crippen LogP contribution is 2.47. The van der Waals surface area contributed by atoms with E-state index in [-0.39, 0.29) is 5.75 Å². The maximum absolute atomic E-state index is 15.4. The van der Waals surface area contributed by atoms with Crippen molar-refractivity contribution in [3.8, 4) is 5.75 Å². The lowest BCUT2D eigenvalue weighted by molar-refractivity contribution is -0.149. The second kappa shape index (κ2) is 11.1. The molecule has 198 valence electrons. The molecule has 0 aliphatic carbocycles. The Hall–Kier alpha value is -2.83. The lowest BCUT2D eigenvalue weighted by atomic mass is 9.98. The topological polar surface area (TPSA) is 158 Å². The first-order chi connectivity index (χ1) is 16.8. The molecule has 0 bridgehead atoms. The van der Waals surface area contributed by atoms with Gasteiger partial charge in [-0.25, -0.2) is 13.8 Å². The summed E-state index contributed by atoms with van der Waals surface area (Å²) >= 11 is 0. The molecular formula is C22H29FN3O9P. The number of aliphatic hydroxyl groups excluding tert-OH is 1. The number of hydrogen-bond donors (Lipinski definition) is 3. The van der Waals surface area contributed by atoms with Crippen LogP contribution in [0.5, 0.6) is 5.75 Å². The van der Waals surface area contributed by atoms with Gasteiger partial charge in [0.2, 0.25) is 0 Å². The van der Waals surface area contributed by atoms with E-state index in [1.807, 2.05) is 4.98 Å². The molecule has 1 fully saturated rings. The molecule has 2 aromatic rings. The van der Waals surface area contributed by atoms with Crippen LogP contribution < -0.4 is 20.9 Å². The smallest absolute Gasteiger partial charge is 0.459 e. The van der Waals surface area contributed by atoms with Gasteiger partial charge < -0.3 is 19.1 Å². The fourth-order valence-corrected chi connectivity index (χ4v) is 4.97. The number of nitrogens with zero attached hydrogens (tertiary/aromatic N) is 1. The second-order valence-electron chi connectivity index (χ2n) is 8.67. The van der Waals surface area contributed by atoms with E-state index < -0.39 is 67.8 Å². The predicted molar refractivity (Wildman–Crippen MR) is 125 cm³/mol. The number of nitrogens with one attached hydrogen (secondary N) is 2. The molecule has 3 N–H and O–H groups in total. The van der Waals surface area contributed by atoms with Gasteiger partial charge in [0.25, 0.3) is 5.56 Å². The zero-order valence-electron chi connectivity index (χ0n) is 20.1. The number of benzene rings is 1. The van der Waals surface area contributed by atoms with Crippen LogP contribution in [0.2, 0.25) is 0 Å². The molecule has 36 heavy (non-hydrogen) atoms. The van der Waals surface area contributed by atoms with Gasteiger partial charge in [0.15, 0.2) is 11.9 Å². The van der Waals surface area contributed by atoms with Gasteiger partial charge in [-0.3, -0.25) is 23.7 Å². The number of hydrogen-bond acceptors (Lipinski definition) is 9. The van der Waals surface area contributed by atoms with Crippen LogP contribution in [-0.4, -0.2) is 57.3 Å². The number of alkyl halides is 1. The quantitative estimate of drug-likeness (QED) is 0.305. The SMILES string of the molecule is CC(C)OC(=O)[C@@H](C)N[P@](=O)(OC[C@H]1O[C@@H](n2ccc(=O)[nH]c2=O)[C@@](C)(F)C1O)Oc1ccccc1. The van der Waals surface area contributed by atoms with Crippen LogP contribution in [0.3, 0.4) is 0 Å². The number of esters is 1. The molecule has 0 spiro atoms. The van der Waals surface area contributed by atoms with E-state index in [4.69, 9.17) is 18.5 Å². The van der Waals surface area contributed by atoms with Gasteiger partial charge in [-0.05, 0) is 39.8 Å². The van der Waals surface area contributed by atoms with Gasteiger partial charge >= 0.3 is 19.4 Å². The van der Waals surface area contributed by atoms with Crippen molar-refractivity contribution in [2.24, 2.45) is 0 Å². The molecular weight excluding hydrogens is 500 g/mol. The molecule has 0 amide bonds. The van der Waals surface area contributed by atoms with Crippen molar-refractivity contribution < 1.29 is 37.4 Å². The highest BCUT2D eigenvalue weighted by atomic mass is 31.2. The third-order valence-corrected chi connectivity index (χ3v) is 6.90. The van der Waals surface area contributed by atoms with E-state index >= 15 is 4.39 Å². The molecule has 6 atom stereocenters. The summed E-state index contributed by atoms with van der Waals surface area (Å²) in [4.78, 5) is 37.7. The molecule has 12 nitrogen and oxygen atoms in total. The van der Waals surface area contributed by atoms with Crippen molar-refractivity contribution in [1.29, 1.82) is 0 Å². The maximum atomic E-state index is 15.4. The van der Waals surface area contributed by atoms with E-state index in [0.717, 1.165) is 23.8 Å². The zero-order valence-corrected chi connectivity index (χ0v) is 21.0. The van der Waals surface area contributed by atoms with E-state index in [9.17, 15) is 24.1 Å². The Kier molecular flexibility index (Phi) is 8.52. The molecule has 1 unspecified atom stereocenters. The Morgan fingerprint density at radius 1 is 1.28 bits per heavy atom. The Morgan fingerprint density at radius 2 is 1.94 bits per heavy atom. The van der Waals surface area contributed by atoms with Crippen LogP contribution in [0, 0.1) is 0 Å². The number of carbonyl (C=O) groups is 1. The molecule has 14 heteroatoms. The average Bonchev–Trinajstić information content (AvgIpc) is 3.01. The molecule has 0 saturated carbocycles. The number of ether oxygens (including phenoxy) is 2. The first kappa shape index (κ1) is 27.8. The fourth-order valence-electron chi connectivity index (χ4n) is 3.47. The number of aromatic amines is 1. The number of halogens is 1. The summed E-state index contributed by atoms with van der Waals surface area (Å²) in [7, 11) is -4.30. The summed E-state index contributed by atoms with van der Waals surface area (Å²) in [6, 6.07) is 7.86. The Labute approximate surface area is 205 Å². The van der Waals surface area contributed by atoms with Crippen LogP contribution in [0.25, 0.3) is 0 Å². The number of aromatic nitrogens is 2. The Morgan fingerprint density at radius 3 is 2.56 bits per heavy atom. The van der Waals surface area contributed by atoms with Crippen molar-refractivity contribution in [1.82, 2.24) is 14.6 Å². The minimum absolute atomic E-state index is 0.152. The van der Waals surface area contributed by atoms with E-state index in [1.54, 1.807) is 32.0 Å². The fraction of sp³-hybridized carbons (Fsp3) is 0.500. The number of aliphatic hydroxyl groups is 1. The average molecular weight is 529 g/mol. The van der Waals surface area contributed by atoms with E-state index in [0.29, 0.717) is 0 Å². The summed E-state index contributed by atoms with van der Waals surface area (Å²) in [5.41, 5.74) is -4.12. The van der Waals surface area contributed by atoms with Gasteiger partial charge in [-0.1, -0.05) is 18.2 Å². The van der Waals surface area contributed by atoms with Crippen LogP contribution in [0.1, 0.15) is 33.9 Å². The van der Waals surface area contributed by atoms with Crippen LogP contribution >= 0.6 is 7.75 Å². The number of rotatable bonds is 10. The third-order valence-electron chi connectivity index (χ3n) is 5.26. The van der Waals surface area contributed by atoms with Crippen molar-refractivity contribution in [2.75, 3.05) is 6.61 Å². The largest absolute Gasteiger partial charge is 0.462 e. The first-order valence-corrected chi connectivity index (χ1v) is 12.7. The number of carbonyl (C=O) groups excluding carboxylic acids is 1. The molecule has 3 rings (SSSR count). The number of H-pyrrole nitrogens is 1. The highest BCUT2D eigenvalue weighted by Gasteiger charge is 2.55. The lowest BCUT2D eigenvalue weighted by Crippen LogP contribution is -2.43. The van der Waals surface area contributed by atoms with Crippen molar-refractivity contribution in [3.05, 3.63) is 63.4 Å². The summed E-state index contributed by atoms with van der Waals surface area (Å²) < 4.78 is 51.4. The minimum atomic E-state index is -4.30. The van der Waals surface area contributed by atoms with Crippen LogP contribution in [-0.2, 0) is 23.4 Å². The van der Waals surface area contributed by atoms with Gasteiger partial charge in [-0.15, -0.1) is 0 Å². The summed E-state index contributed by atoms with van der Waals surface area (Å²) in [6.45, 7) is 5.07. The molecule has 2 heterocycles. The number of para-hydroxylation sites is 1. The Bertz CT molecular complexity index is 1220. The van der Waals surface area contributed by atoms with Crippen LogP contribution in [0.4, 0.5) is 4.39 Å².